The van der Waals surface area contributed by atoms with Crippen LogP contribution in [-0.4, -0.2) is 27.0 Å². The first-order valence-electron chi connectivity index (χ1n) is 6.06. The van der Waals surface area contributed by atoms with Gasteiger partial charge < -0.3 is 9.50 Å². The fraction of sp³-hybridized carbons (Fsp3) is 0.154. The maximum Gasteiger partial charge on any atom is 0.417 e. The van der Waals surface area contributed by atoms with Gasteiger partial charge in [-0.3, -0.25) is 9.59 Å². The van der Waals surface area contributed by atoms with Gasteiger partial charge in [-0.15, -0.1) is 0 Å². The predicted molar refractivity (Wildman–Crippen MR) is 75.1 cm³/mol. The van der Waals surface area contributed by atoms with Crippen LogP contribution in [0.4, 0.5) is 0 Å². The molecule has 7 heteroatoms. The zero-order chi connectivity index (χ0) is 14.9. The average molecular weight is 272 g/mol. The van der Waals surface area contributed by atoms with Gasteiger partial charge in [0, 0.05) is 17.3 Å². The molecule has 0 bridgehead atoms. The van der Waals surface area contributed by atoms with E-state index >= 15 is 0 Å². The molecule has 0 saturated heterocycles. The van der Waals surface area contributed by atoms with E-state index in [2.05, 4.69) is 0 Å². The summed E-state index contributed by atoms with van der Waals surface area (Å²) in [7, 11) is -1.13. The molecule has 1 heterocycles. The van der Waals surface area contributed by atoms with E-state index in [-0.39, 0.29) is 11.1 Å². The summed E-state index contributed by atoms with van der Waals surface area (Å²) in [5.74, 6) is -0.710. The van der Waals surface area contributed by atoms with Gasteiger partial charge in [-0.2, -0.15) is 4.57 Å². The van der Waals surface area contributed by atoms with E-state index in [0.717, 1.165) is 4.48 Å². The van der Waals surface area contributed by atoms with Crippen LogP contribution in [0.3, 0.4) is 0 Å². The maximum atomic E-state index is 12.3. The Balaban J connectivity index is 2.72. The first-order valence-corrected chi connectivity index (χ1v) is 6.06. The lowest BCUT2D eigenvalue weighted by atomic mass is 9.88. The number of aryl methyl sites for hydroxylation is 1. The largest absolute Gasteiger partial charge is 0.432 e. The fourth-order valence-electron chi connectivity index (χ4n) is 1.85. The molecule has 6 nitrogen and oxygen atoms in total. The lowest BCUT2D eigenvalue weighted by Gasteiger charge is -2.10. The lowest BCUT2D eigenvalue weighted by molar-refractivity contribution is 0.0949. The molecule has 0 radical (unpaired) electrons. The monoisotopic (exact) mass is 272 g/mol. The van der Waals surface area contributed by atoms with Crippen molar-refractivity contribution in [1.82, 2.24) is 9.05 Å². The smallest absolute Gasteiger partial charge is 0.417 e. The van der Waals surface area contributed by atoms with Crippen molar-refractivity contribution in [2.45, 2.75) is 13.7 Å². The van der Waals surface area contributed by atoms with E-state index in [1.54, 1.807) is 18.2 Å². The van der Waals surface area contributed by atoms with Crippen LogP contribution in [0, 0.1) is 6.92 Å². The molecule has 0 amide bonds. The molecule has 2 rings (SSSR count). The van der Waals surface area contributed by atoms with Crippen LogP contribution in [-0.2, 0) is 0 Å². The third kappa shape index (κ3) is 2.35. The second-order valence-corrected chi connectivity index (χ2v) is 4.45. The Morgan fingerprint density at radius 1 is 1.20 bits per heavy atom. The van der Waals surface area contributed by atoms with E-state index in [1.165, 1.54) is 32.1 Å². The molecule has 102 valence electrons. The molecule has 1 aromatic heterocycles. The predicted octanol–water partition coefficient (Wildman–Crippen LogP) is -0.0347. The third-order valence-corrected chi connectivity index (χ3v) is 2.91. The molecule has 20 heavy (non-hydrogen) atoms. The van der Waals surface area contributed by atoms with Crippen molar-refractivity contribution in [3.8, 4) is 0 Å². The minimum absolute atomic E-state index is 0.204. The maximum absolute atomic E-state index is 12.3. The first kappa shape index (κ1) is 14.0. The van der Waals surface area contributed by atoms with Gasteiger partial charge in [0.2, 0.25) is 0 Å². The highest BCUT2D eigenvalue weighted by Crippen LogP contribution is 2.00. The van der Waals surface area contributed by atoms with Gasteiger partial charge in [0.25, 0.3) is 11.5 Å². The SMILES string of the molecule is CB(O)n1cc(C)c(=O)n(C(=O)c2ccccc2)c1=O. The highest BCUT2D eigenvalue weighted by atomic mass is 16.2. The summed E-state index contributed by atoms with van der Waals surface area (Å²) in [6, 6.07) is 8.04. The van der Waals surface area contributed by atoms with Gasteiger partial charge in [-0.25, -0.2) is 4.79 Å². The Labute approximate surface area is 115 Å². The summed E-state index contributed by atoms with van der Waals surface area (Å²) in [4.78, 5) is 36.5. The number of rotatable bonds is 2. The second kappa shape index (κ2) is 5.30. The van der Waals surface area contributed by atoms with E-state index in [9.17, 15) is 19.4 Å². The summed E-state index contributed by atoms with van der Waals surface area (Å²) in [6.45, 7) is 2.86. The van der Waals surface area contributed by atoms with Crippen LogP contribution >= 0.6 is 0 Å². The van der Waals surface area contributed by atoms with Gasteiger partial charge >= 0.3 is 12.7 Å². The number of hydrogen-bond acceptors (Lipinski definition) is 4. The molecule has 0 spiro atoms. The van der Waals surface area contributed by atoms with Crippen molar-refractivity contribution < 1.29 is 9.82 Å². The average Bonchev–Trinajstić information content (AvgIpc) is 2.43. The van der Waals surface area contributed by atoms with Crippen molar-refractivity contribution in [3.05, 3.63) is 68.5 Å². The molecule has 0 atom stereocenters. The first-order chi connectivity index (χ1) is 9.43. The highest BCUT2D eigenvalue weighted by molar-refractivity contribution is 6.46. The van der Waals surface area contributed by atoms with Crippen LogP contribution < -0.4 is 11.2 Å². The molecule has 2 aromatic rings. The molecule has 0 aliphatic carbocycles. The Morgan fingerprint density at radius 3 is 2.35 bits per heavy atom. The summed E-state index contributed by atoms with van der Waals surface area (Å²) in [5, 5.41) is 9.53. The number of carbonyl (C=O) groups is 1. The molecular formula is C13H13BN2O4. The molecule has 1 aromatic carbocycles. The Hall–Kier alpha value is -2.41. The zero-order valence-corrected chi connectivity index (χ0v) is 11.1. The van der Waals surface area contributed by atoms with Gasteiger partial charge in [0.1, 0.15) is 0 Å². The number of carbonyl (C=O) groups excluding carboxylic acids is 1. The molecular weight excluding hydrogens is 259 g/mol. The Kier molecular flexibility index (Phi) is 3.71. The van der Waals surface area contributed by atoms with E-state index in [4.69, 9.17) is 0 Å². The summed E-state index contributed by atoms with van der Waals surface area (Å²) >= 11 is 0. The van der Waals surface area contributed by atoms with Crippen LogP contribution in [0.1, 0.15) is 15.9 Å². The third-order valence-electron chi connectivity index (χ3n) is 2.91. The van der Waals surface area contributed by atoms with Gasteiger partial charge in [0.05, 0.1) is 0 Å². The van der Waals surface area contributed by atoms with Crippen molar-refractivity contribution in [2.24, 2.45) is 0 Å². The fourth-order valence-corrected chi connectivity index (χ4v) is 1.85. The van der Waals surface area contributed by atoms with Crippen LogP contribution in [0.15, 0.2) is 46.1 Å². The second-order valence-electron chi connectivity index (χ2n) is 4.45. The standard InChI is InChI=1S/C13H13BN2O4/c1-9-8-15(14(2)20)13(19)16(11(9)17)12(18)10-6-4-3-5-7-10/h3-8,20H,1-2H3. The zero-order valence-electron chi connectivity index (χ0n) is 11.1. The molecule has 1 N–H and O–H groups in total. The minimum atomic E-state index is -1.13. The quantitative estimate of drug-likeness (QED) is 0.778. The van der Waals surface area contributed by atoms with E-state index < -0.39 is 24.2 Å². The van der Waals surface area contributed by atoms with E-state index in [0.29, 0.717) is 4.57 Å². The molecule has 0 unspecified atom stereocenters. The molecule has 0 saturated carbocycles. The lowest BCUT2D eigenvalue weighted by Crippen LogP contribution is -2.48. The Bertz CT molecular complexity index is 762. The Morgan fingerprint density at radius 2 is 1.80 bits per heavy atom. The molecule has 0 aliphatic rings. The van der Waals surface area contributed by atoms with Gasteiger partial charge in [-0.1, -0.05) is 18.2 Å². The number of nitrogens with zero attached hydrogens (tertiary/aromatic N) is 2. The normalized spacial score (nSPS) is 10.3. The minimum Gasteiger partial charge on any atom is -0.432 e. The summed E-state index contributed by atoms with van der Waals surface area (Å²) in [5.41, 5.74) is -1.10. The molecule has 0 aliphatic heterocycles. The van der Waals surface area contributed by atoms with Crippen molar-refractivity contribution >= 4 is 13.0 Å². The molecule has 0 fully saturated rings. The van der Waals surface area contributed by atoms with Crippen LogP contribution in [0.25, 0.3) is 0 Å². The van der Waals surface area contributed by atoms with Crippen LogP contribution in [0.2, 0.25) is 6.82 Å². The number of aromatic nitrogens is 2. The van der Waals surface area contributed by atoms with Crippen molar-refractivity contribution in [2.75, 3.05) is 0 Å². The summed E-state index contributed by atoms with van der Waals surface area (Å²) < 4.78 is 1.48. The summed E-state index contributed by atoms with van der Waals surface area (Å²) in [6.07, 6.45) is 1.24. The highest BCUT2D eigenvalue weighted by Gasteiger charge is 2.19. The number of benzene rings is 1. The van der Waals surface area contributed by atoms with Crippen molar-refractivity contribution in [3.63, 3.8) is 0 Å². The van der Waals surface area contributed by atoms with Gasteiger partial charge in [-0.05, 0) is 25.9 Å². The van der Waals surface area contributed by atoms with E-state index in [1.807, 2.05) is 0 Å². The van der Waals surface area contributed by atoms with Crippen molar-refractivity contribution in [1.29, 1.82) is 0 Å². The topological polar surface area (TPSA) is 81.3 Å². The number of hydrogen-bond donors (Lipinski definition) is 1. The van der Waals surface area contributed by atoms with Crippen LogP contribution in [0.5, 0.6) is 0 Å². The van der Waals surface area contributed by atoms with Gasteiger partial charge in [0.15, 0.2) is 0 Å².